The molecule has 2 amide bonds. The molecule has 0 unspecified atom stereocenters. The number of nitrogens with zero attached hydrogens (tertiary/aromatic N) is 6. The Bertz CT molecular complexity index is 2670. The van der Waals surface area contributed by atoms with Crippen LogP contribution >= 0.6 is 11.6 Å². The summed E-state index contributed by atoms with van der Waals surface area (Å²) < 4.78 is 0. The fourth-order valence-electron chi connectivity index (χ4n) is 7.40. The lowest BCUT2D eigenvalue weighted by molar-refractivity contribution is -0.119. The van der Waals surface area contributed by atoms with E-state index in [0.29, 0.717) is 24.5 Å². The average molecular weight is 799 g/mol. The van der Waals surface area contributed by atoms with E-state index < -0.39 is 0 Å². The Balaban J connectivity index is 1.00. The number of aromatic amines is 2. The Morgan fingerprint density at radius 1 is 0.712 bits per heavy atom. The summed E-state index contributed by atoms with van der Waals surface area (Å²) in [6, 6.07) is 35.1. The molecule has 0 atom stereocenters. The molecule has 8 rings (SSSR count). The van der Waals surface area contributed by atoms with Crippen LogP contribution in [0, 0.1) is 5.41 Å². The van der Waals surface area contributed by atoms with Crippen LogP contribution in [-0.4, -0.2) is 48.3 Å². The molecule has 4 aromatic heterocycles. The number of rotatable bonds is 14. The van der Waals surface area contributed by atoms with Gasteiger partial charge in [-0.25, -0.2) is 9.97 Å². The molecule has 4 heterocycles. The van der Waals surface area contributed by atoms with Gasteiger partial charge in [-0.15, -0.1) is 0 Å². The molecule has 4 aromatic carbocycles. The first-order valence-electron chi connectivity index (χ1n) is 19.5. The molecule has 0 fully saturated rings. The van der Waals surface area contributed by atoms with Crippen molar-refractivity contribution in [3.63, 3.8) is 0 Å². The van der Waals surface area contributed by atoms with Crippen LogP contribution < -0.4 is 9.80 Å². The van der Waals surface area contributed by atoms with Gasteiger partial charge in [0.1, 0.15) is 5.82 Å². The standard InChI is InChI=1S/C48H43ClN8O2/c1-48(2,31-57(41-18-12-35(13-19-41)43-28-52-32-54-43)47(59)23-38-27-51-26-37-9-3-4-11-42(37)38)24-45-53-29-44(55-45)36-14-16-40(17-15-36)56(30-34-7-5-10-39(49)21-34)46(58)22-33-8-6-20-50-25-33/h3-21,25-29,32H,22-24,30-31H2,1-2H3,(H,52,54)(H,53,55). The molecule has 0 aliphatic carbocycles. The number of carbonyl (C=O) groups is 2. The van der Waals surface area contributed by atoms with Gasteiger partial charge in [-0.2, -0.15) is 0 Å². The number of imidazole rings is 2. The highest BCUT2D eigenvalue weighted by Crippen LogP contribution is 2.31. The molecular formula is C48H43ClN8O2. The van der Waals surface area contributed by atoms with E-state index >= 15 is 0 Å². The summed E-state index contributed by atoms with van der Waals surface area (Å²) in [4.78, 5) is 56.1. The number of halogens is 1. The van der Waals surface area contributed by atoms with E-state index in [1.54, 1.807) is 29.8 Å². The van der Waals surface area contributed by atoms with Crippen molar-refractivity contribution in [1.82, 2.24) is 29.9 Å². The number of carbonyl (C=O) groups excluding carboxylic acids is 2. The van der Waals surface area contributed by atoms with E-state index in [4.69, 9.17) is 16.6 Å². The first-order valence-corrected chi connectivity index (χ1v) is 19.8. The van der Waals surface area contributed by atoms with Gasteiger partial charge in [-0.1, -0.05) is 92.2 Å². The summed E-state index contributed by atoms with van der Waals surface area (Å²) in [5.74, 6) is 0.736. The smallest absolute Gasteiger partial charge is 0.231 e. The summed E-state index contributed by atoms with van der Waals surface area (Å²) in [6.45, 7) is 5.12. The lowest BCUT2D eigenvalue weighted by Gasteiger charge is -2.33. The molecule has 0 aliphatic heterocycles. The lowest BCUT2D eigenvalue weighted by atomic mass is 9.87. The number of hydrogen-bond acceptors (Lipinski definition) is 6. The molecule has 0 radical (unpaired) electrons. The molecule has 0 aliphatic rings. The highest BCUT2D eigenvalue weighted by molar-refractivity contribution is 6.30. The van der Waals surface area contributed by atoms with Crippen LogP contribution in [0.5, 0.6) is 0 Å². The number of fused-ring (bicyclic) bond motifs is 1. The minimum absolute atomic E-state index is 0.0210. The average Bonchev–Trinajstić information content (AvgIpc) is 3.96. The molecule has 0 bridgehead atoms. The number of hydrogen-bond donors (Lipinski definition) is 2. The lowest BCUT2D eigenvalue weighted by Crippen LogP contribution is -2.41. The van der Waals surface area contributed by atoms with Crippen molar-refractivity contribution in [3.8, 4) is 22.5 Å². The number of pyridine rings is 2. The predicted molar refractivity (Wildman–Crippen MR) is 234 cm³/mol. The molecular weight excluding hydrogens is 756 g/mol. The molecule has 2 N–H and O–H groups in total. The van der Waals surface area contributed by atoms with Crippen molar-refractivity contribution >= 4 is 45.6 Å². The normalized spacial score (nSPS) is 11.4. The van der Waals surface area contributed by atoms with Crippen molar-refractivity contribution in [3.05, 3.63) is 180 Å². The first-order chi connectivity index (χ1) is 28.7. The van der Waals surface area contributed by atoms with Gasteiger partial charge in [0.25, 0.3) is 0 Å². The van der Waals surface area contributed by atoms with E-state index in [9.17, 15) is 9.59 Å². The minimum atomic E-state index is -0.373. The Morgan fingerprint density at radius 2 is 1.44 bits per heavy atom. The second kappa shape index (κ2) is 17.3. The van der Waals surface area contributed by atoms with Crippen LogP contribution in [0.2, 0.25) is 5.02 Å². The Kier molecular flexibility index (Phi) is 11.4. The molecule has 0 saturated carbocycles. The third kappa shape index (κ3) is 9.46. The number of H-pyrrole nitrogens is 2. The first kappa shape index (κ1) is 38.9. The van der Waals surface area contributed by atoms with Gasteiger partial charge in [0, 0.05) is 83.1 Å². The molecule has 294 valence electrons. The van der Waals surface area contributed by atoms with Crippen LogP contribution in [-0.2, 0) is 35.4 Å². The van der Waals surface area contributed by atoms with Gasteiger partial charge in [-0.05, 0) is 70.0 Å². The summed E-state index contributed by atoms with van der Waals surface area (Å²) in [5, 5.41) is 2.64. The van der Waals surface area contributed by atoms with E-state index in [2.05, 4.69) is 38.8 Å². The highest BCUT2D eigenvalue weighted by Gasteiger charge is 2.28. The number of nitrogens with one attached hydrogen (secondary N) is 2. The largest absolute Gasteiger partial charge is 0.351 e. The molecule has 8 aromatic rings. The fourth-order valence-corrected chi connectivity index (χ4v) is 7.61. The van der Waals surface area contributed by atoms with Crippen LogP contribution in [0.15, 0.2) is 153 Å². The minimum Gasteiger partial charge on any atom is -0.351 e. The Hall–Kier alpha value is -6.91. The van der Waals surface area contributed by atoms with Crippen molar-refractivity contribution in [2.75, 3.05) is 16.3 Å². The Morgan fingerprint density at radius 3 is 2.17 bits per heavy atom. The molecule has 0 saturated heterocycles. The van der Waals surface area contributed by atoms with Crippen molar-refractivity contribution in [1.29, 1.82) is 0 Å². The number of anilines is 2. The SMILES string of the molecule is CC(C)(Cc1nc(-c2ccc(N(Cc3cccc(Cl)c3)C(=O)Cc3cccnc3)cc2)c[nH]1)CN(C(=O)Cc1cncc2ccccc12)c1ccc(-c2c[nH]cn2)cc1. The fraction of sp³-hybridized carbons (Fsp3) is 0.167. The summed E-state index contributed by atoms with van der Waals surface area (Å²) in [5.41, 5.74) is 7.35. The summed E-state index contributed by atoms with van der Waals surface area (Å²) >= 11 is 6.31. The highest BCUT2D eigenvalue weighted by atomic mass is 35.5. The topological polar surface area (TPSA) is 124 Å². The monoisotopic (exact) mass is 798 g/mol. The number of amides is 2. The summed E-state index contributed by atoms with van der Waals surface area (Å²) in [7, 11) is 0. The number of aromatic nitrogens is 6. The zero-order valence-electron chi connectivity index (χ0n) is 32.8. The van der Waals surface area contributed by atoms with Gasteiger partial charge in [0.2, 0.25) is 11.8 Å². The van der Waals surface area contributed by atoms with Gasteiger partial charge >= 0.3 is 0 Å². The third-order valence-corrected chi connectivity index (χ3v) is 10.5. The van der Waals surface area contributed by atoms with Gasteiger partial charge in [-0.3, -0.25) is 19.6 Å². The summed E-state index contributed by atoms with van der Waals surface area (Å²) in [6.07, 6.45) is 13.5. The second-order valence-corrected chi connectivity index (χ2v) is 15.9. The van der Waals surface area contributed by atoms with Crippen molar-refractivity contribution in [2.24, 2.45) is 5.41 Å². The van der Waals surface area contributed by atoms with Crippen LogP contribution in [0.4, 0.5) is 11.4 Å². The Labute approximate surface area is 348 Å². The quantitative estimate of drug-likeness (QED) is 0.113. The predicted octanol–water partition coefficient (Wildman–Crippen LogP) is 9.68. The molecule has 11 heteroatoms. The van der Waals surface area contributed by atoms with Crippen LogP contribution in [0.25, 0.3) is 33.3 Å². The maximum atomic E-state index is 14.3. The second-order valence-electron chi connectivity index (χ2n) is 15.4. The van der Waals surface area contributed by atoms with Gasteiger partial charge in [0.05, 0.1) is 37.1 Å². The zero-order valence-corrected chi connectivity index (χ0v) is 33.6. The van der Waals surface area contributed by atoms with Crippen molar-refractivity contribution < 1.29 is 9.59 Å². The van der Waals surface area contributed by atoms with Gasteiger partial charge < -0.3 is 19.8 Å². The molecule has 0 spiro atoms. The van der Waals surface area contributed by atoms with E-state index in [1.165, 1.54) is 0 Å². The maximum Gasteiger partial charge on any atom is 0.231 e. The maximum absolute atomic E-state index is 14.3. The van der Waals surface area contributed by atoms with Crippen LogP contribution in [0.3, 0.4) is 0 Å². The van der Waals surface area contributed by atoms with Gasteiger partial charge in [0.15, 0.2) is 0 Å². The van der Waals surface area contributed by atoms with Crippen molar-refractivity contribution in [2.45, 2.75) is 39.7 Å². The van der Waals surface area contributed by atoms with Crippen LogP contribution in [0.1, 0.15) is 36.4 Å². The third-order valence-electron chi connectivity index (χ3n) is 10.3. The van der Waals surface area contributed by atoms with E-state index in [1.807, 2.05) is 133 Å². The molecule has 59 heavy (non-hydrogen) atoms. The van der Waals surface area contributed by atoms with E-state index in [0.717, 1.165) is 67.2 Å². The van der Waals surface area contributed by atoms with E-state index in [-0.39, 0.29) is 30.1 Å². The number of benzene rings is 4. The molecule has 10 nitrogen and oxygen atoms in total. The zero-order chi connectivity index (χ0) is 40.8.